The number of nitrogens with two attached hydrogens (primary N) is 1. The summed E-state index contributed by atoms with van der Waals surface area (Å²) < 4.78 is 0. The van der Waals surface area contributed by atoms with Crippen molar-refractivity contribution in [1.29, 1.82) is 0 Å². The third-order valence-electron chi connectivity index (χ3n) is 3.13. The summed E-state index contributed by atoms with van der Waals surface area (Å²) in [6, 6.07) is 0. The topological polar surface area (TPSA) is 55.1 Å². The predicted octanol–water partition coefficient (Wildman–Crippen LogP) is 2.48. The van der Waals surface area contributed by atoms with Gasteiger partial charge in [0.1, 0.15) is 0 Å². The van der Waals surface area contributed by atoms with Crippen LogP contribution in [0.25, 0.3) is 0 Å². The Kier molecular flexibility index (Phi) is 9.98. The van der Waals surface area contributed by atoms with Crippen LogP contribution < -0.4 is 11.1 Å². The number of amides is 1. The summed E-state index contributed by atoms with van der Waals surface area (Å²) in [6.07, 6.45) is 3.86. The average Bonchev–Trinajstić information content (AvgIpc) is 2.17. The molecule has 1 amide bonds. The van der Waals surface area contributed by atoms with Gasteiger partial charge in [-0.15, -0.1) is 12.4 Å². The van der Waals surface area contributed by atoms with Crippen molar-refractivity contribution >= 4 is 18.3 Å². The molecule has 0 aliphatic carbocycles. The van der Waals surface area contributed by atoms with E-state index in [1.165, 1.54) is 0 Å². The van der Waals surface area contributed by atoms with Crippen LogP contribution in [-0.4, -0.2) is 18.0 Å². The molecule has 0 radical (unpaired) electrons. The second-order valence-corrected chi connectivity index (χ2v) is 4.78. The first-order chi connectivity index (χ1) is 6.96. The van der Waals surface area contributed by atoms with Crippen molar-refractivity contribution < 1.29 is 4.79 Å². The Morgan fingerprint density at radius 3 is 2.31 bits per heavy atom. The third kappa shape index (κ3) is 6.33. The van der Waals surface area contributed by atoms with Crippen LogP contribution in [0.3, 0.4) is 0 Å². The predicted molar refractivity (Wildman–Crippen MR) is 71.8 cm³/mol. The van der Waals surface area contributed by atoms with Gasteiger partial charge in [-0.25, -0.2) is 0 Å². The van der Waals surface area contributed by atoms with Crippen LogP contribution in [0.15, 0.2) is 0 Å². The Balaban J connectivity index is 0. The monoisotopic (exact) mass is 250 g/mol. The largest absolute Gasteiger partial charge is 0.349 e. The highest BCUT2D eigenvalue weighted by Gasteiger charge is 2.27. The molecule has 3 nitrogen and oxygen atoms in total. The highest BCUT2D eigenvalue weighted by Crippen LogP contribution is 2.15. The molecule has 0 heterocycles. The fraction of sp³-hybridized carbons (Fsp3) is 0.917. The lowest BCUT2D eigenvalue weighted by atomic mass is 9.88. The molecule has 0 spiro atoms. The molecular weight excluding hydrogens is 224 g/mol. The number of carbonyl (C=O) groups excluding carboxylic acids is 1. The van der Waals surface area contributed by atoms with E-state index < -0.39 is 0 Å². The zero-order valence-electron chi connectivity index (χ0n) is 11.0. The molecule has 98 valence electrons. The zero-order valence-corrected chi connectivity index (χ0v) is 11.8. The van der Waals surface area contributed by atoms with Crippen molar-refractivity contribution in [2.24, 2.45) is 11.7 Å². The number of hydrogen-bond donors (Lipinski definition) is 2. The second-order valence-electron chi connectivity index (χ2n) is 4.78. The normalized spacial score (nSPS) is 14.1. The van der Waals surface area contributed by atoms with E-state index in [4.69, 9.17) is 5.73 Å². The van der Waals surface area contributed by atoms with Gasteiger partial charge in [-0.2, -0.15) is 0 Å². The van der Waals surface area contributed by atoms with E-state index in [0.29, 0.717) is 18.9 Å². The molecule has 0 saturated carbocycles. The van der Waals surface area contributed by atoms with Gasteiger partial charge in [-0.05, 0) is 19.3 Å². The Bertz CT molecular complexity index is 197. The first-order valence-electron chi connectivity index (χ1n) is 5.97. The molecule has 0 aliphatic rings. The summed E-state index contributed by atoms with van der Waals surface area (Å²) in [4.78, 5) is 11.6. The molecule has 4 heteroatoms. The molecule has 0 bridgehead atoms. The lowest BCUT2D eigenvalue weighted by Gasteiger charge is -2.33. The Morgan fingerprint density at radius 2 is 1.94 bits per heavy atom. The maximum atomic E-state index is 11.6. The van der Waals surface area contributed by atoms with E-state index in [9.17, 15) is 4.79 Å². The van der Waals surface area contributed by atoms with Crippen molar-refractivity contribution in [1.82, 2.24) is 5.32 Å². The average molecular weight is 251 g/mol. The highest BCUT2D eigenvalue weighted by molar-refractivity contribution is 5.85. The van der Waals surface area contributed by atoms with Gasteiger partial charge in [-0.3, -0.25) is 4.79 Å². The van der Waals surface area contributed by atoms with Gasteiger partial charge in [0.15, 0.2) is 0 Å². The molecule has 0 fully saturated rings. The maximum Gasteiger partial charge on any atom is 0.220 e. The van der Waals surface area contributed by atoms with Crippen LogP contribution in [0.1, 0.15) is 53.4 Å². The Hall–Kier alpha value is -0.280. The number of halogens is 1. The van der Waals surface area contributed by atoms with Crippen LogP contribution in [-0.2, 0) is 4.79 Å². The standard InChI is InChI=1S/C12H26N2O.ClH/c1-5-6-7-8-11(15)14-12(4,9-13)10(2)3;/h10H,5-9,13H2,1-4H3,(H,14,15);1H. The van der Waals surface area contributed by atoms with Gasteiger partial charge < -0.3 is 11.1 Å². The molecular formula is C12H27ClN2O. The highest BCUT2D eigenvalue weighted by atomic mass is 35.5. The molecule has 0 aromatic carbocycles. The van der Waals surface area contributed by atoms with E-state index in [0.717, 1.165) is 19.3 Å². The molecule has 16 heavy (non-hydrogen) atoms. The van der Waals surface area contributed by atoms with Crippen LogP contribution >= 0.6 is 12.4 Å². The van der Waals surface area contributed by atoms with E-state index in [1.54, 1.807) is 0 Å². The quantitative estimate of drug-likeness (QED) is 0.682. The molecule has 0 aliphatic heterocycles. The smallest absolute Gasteiger partial charge is 0.220 e. The summed E-state index contributed by atoms with van der Waals surface area (Å²) in [6.45, 7) is 8.80. The van der Waals surface area contributed by atoms with Gasteiger partial charge >= 0.3 is 0 Å². The number of nitrogens with one attached hydrogen (secondary N) is 1. The number of unbranched alkanes of at least 4 members (excludes halogenated alkanes) is 2. The van der Waals surface area contributed by atoms with Crippen LogP contribution in [0, 0.1) is 5.92 Å². The number of carbonyl (C=O) groups is 1. The molecule has 0 saturated heterocycles. The minimum atomic E-state index is -0.261. The lowest BCUT2D eigenvalue weighted by molar-refractivity contribution is -0.123. The van der Waals surface area contributed by atoms with Gasteiger partial charge in [0.2, 0.25) is 5.91 Å². The van der Waals surface area contributed by atoms with Gasteiger partial charge in [0.05, 0.1) is 5.54 Å². The molecule has 0 aromatic rings. The van der Waals surface area contributed by atoms with Gasteiger partial charge in [0.25, 0.3) is 0 Å². The molecule has 1 atom stereocenters. The van der Waals surface area contributed by atoms with E-state index in [2.05, 4.69) is 26.1 Å². The minimum absolute atomic E-state index is 0. The molecule has 3 N–H and O–H groups in total. The molecule has 0 rings (SSSR count). The van der Waals surface area contributed by atoms with Crippen LogP contribution in [0.5, 0.6) is 0 Å². The Labute approximate surface area is 106 Å². The second kappa shape index (κ2) is 8.82. The summed E-state index contributed by atoms with van der Waals surface area (Å²) in [5, 5.41) is 3.04. The lowest BCUT2D eigenvalue weighted by Crippen LogP contribution is -2.54. The van der Waals surface area contributed by atoms with E-state index in [-0.39, 0.29) is 23.9 Å². The van der Waals surface area contributed by atoms with E-state index in [1.807, 2.05) is 6.92 Å². The fourth-order valence-electron chi connectivity index (χ4n) is 1.35. The van der Waals surface area contributed by atoms with Gasteiger partial charge in [-0.1, -0.05) is 33.6 Å². The van der Waals surface area contributed by atoms with Crippen molar-refractivity contribution in [3.63, 3.8) is 0 Å². The van der Waals surface area contributed by atoms with Crippen molar-refractivity contribution in [2.45, 2.75) is 58.9 Å². The van der Waals surface area contributed by atoms with Crippen LogP contribution in [0.2, 0.25) is 0 Å². The Morgan fingerprint density at radius 1 is 1.38 bits per heavy atom. The SMILES string of the molecule is CCCCCC(=O)NC(C)(CN)C(C)C.Cl. The summed E-state index contributed by atoms with van der Waals surface area (Å²) in [5.41, 5.74) is 5.44. The minimum Gasteiger partial charge on any atom is -0.349 e. The first kappa shape index (κ1) is 18.1. The molecule has 0 aromatic heterocycles. The molecule has 1 unspecified atom stereocenters. The van der Waals surface area contributed by atoms with E-state index >= 15 is 0 Å². The van der Waals surface area contributed by atoms with Crippen LogP contribution in [0.4, 0.5) is 0 Å². The van der Waals surface area contributed by atoms with Crippen molar-refractivity contribution in [3.05, 3.63) is 0 Å². The summed E-state index contributed by atoms with van der Waals surface area (Å²) >= 11 is 0. The number of hydrogen-bond acceptors (Lipinski definition) is 2. The summed E-state index contributed by atoms with van der Waals surface area (Å²) in [7, 11) is 0. The first-order valence-corrected chi connectivity index (χ1v) is 5.97. The summed E-state index contributed by atoms with van der Waals surface area (Å²) in [5.74, 6) is 0.489. The third-order valence-corrected chi connectivity index (χ3v) is 3.13. The van der Waals surface area contributed by atoms with Crippen molar-refractivity contribution in [3.8, 4) is 0 Å². The fourth-order valence-corrected chi connectivity index (χ4v) is 1.35. The van der Waals surface area contributed by atoms with Crippen molar-refractivity contribution in [2.75, 3.05) is 6.54 Å². The zero-order chi connectivity index (χ0) is 11.9. The van der Waals surface area contributed by atoms with Gasteiger partial charge in [0, 0.05) is 13.0 Å². The maximum absolute atomic E-state index is 11.6. The number of rotatable bonds is 7.